The van der Waals surface area contributed by atoms with E-state index >= 15 is 0 Å². The fourth-order valence-corrected chi connectivity index (χ4v) is 5.73. The van der Waals surface area contributed by atoms with Crippen LogP contribution in [0.15, 0.2) is 64.6 Å². The Morgan fingerprint density at radius 1 is 1.22 bits per heavy atom. The van der Waals surface area contributed by atoms with Gasteiger partial charge in [-0.1, -0.05) is 26.8 Å². The van der Waals surface area contributed by atoms with Crippen LogP contribution in [0.25, 0.3) is 16.8 Å². The summed E-state index contributed by atoms with van der Waals surface area (Å²) in [7, 11) is 2.07. The molecular weight excluding hydrogens is 556 g/mol. The summed E-state index contributed by atoms with van der Waals surface area (Å²) in [5, 5.41) is 15.7. The molecular formula is C31H40N4O4S2. The molecule has 1 aromatic carbocycles. The van der Waals surface area contributed by atoms with E-state index in [1.54, 1.807) is 23.6 Å². The summed E-state index contributed by atoms with van der Waals surface area (Å²) < 4.78 is 11.5. The molecule has 2 N–H and O–H groups in total. The Bertz CT molecular complexity index is 1300. The van der Waals surface area contributed by atoms with E-state index in [0.717, 1.165) is 46.3 Å². The minimum Gasteiger partial charge on any atom is -0.491 e. The summed E-state index contributed by atoms with van der Waals surface area (Å²) in [6, 6.07) is 11.8. The maximum Gasteiger partial charge on any atom is 0.333 e. The fourth-order valence-electron chi connectivity index (χ4n) is 3.83. The number of likely N-dealkylation sites (N-methyl/N-ethyl adjacent to an activating group) is 1. The van der Waals surface area contributed by atoms with Crippen LogP contribution < -0.4 is 10.1 Å². The van der Waals surface area contributed by atoms with E-state index in [2.05, 4.69) is 49.7 Å². The number of aliphatic imine (C=N–C) groups is 1. The third kappa shape index (κ3) is 10.6. The van der Waals surface area contributed by atoms with Crippen LogP contribution in [0.2, 0.25) is 0 Å². The smallest absolute Gasteiger partial charge is 0.333 e. The summed E-state index contributed by atoms with van der Waals surface area (Å²) in [5.74, 6) is 0.223. The van der Waals surface area contributed by atoms with Crippen molar-refractivity contribution >= 4 is 46.1 Å². The molecule has 0 atom stereocenters. The van der Waals surface area contributed by atoms with Crippen molar-refractivity contribution in [1.82, 2.24) is 9.88 Å². The van der Waals surface area contributed by atoms with Gasteiger partial charge in [0.2, 0.25) is 0 Å². The molecule has 2 aromatic heterocycles. The predicted octanol–water partition coefficient (Wildman–Crippen LogP) is 6.58. The number of anilines is 1. The van der Waals surface area contributed by atoms with Crippen molar-refractivity contribution < 1.29 is 19.4 Å². The van der Waals surface area contributed by atoms with Gasteiger partial charge in [0, 0.05) is 40.2 Å². The molecule has 10 heteroatoms. The summed E-state index contributed by atoms with van der Waals surface area (Å²) in [6.45, 7) is 13.7. The number of aliphatic carboxylic acids is 1. The zero-order chi connectivity index (χ0) is 29.6. The van der Waals surface area contributed by atoms with Crippen molar-refractivity contribution in [1.29, 1.82) is 0 Å². The summed E-state index contributed by atoms with van der Waals surface area (Å²) in [6.07, 6.45) is 4.08. The van der Waals surface area contributed by atoms with Crippen LogP contribution in [0, 0.1) is 5.92 Å². The highest BCUT2D eigenvalue weighted by molar-refractivity contribution is 7.16. The van der Waals surface area contributed by atoms with Gasteiger partial charge >= 0.3 is 5.97 Å². The minimum absolute atomic E-state index is 0.118. The molecule has 0 saturated carbocycles. The van der Waals surface area contributed by atoms with Crippen molar-refractivity contribution in [3.63, 3.8) is 0 Å². The molecule has 0 amide bonds. The predicted molar refractivity (Wildman–Crippen MR) is 172 cm³/mol. The van der Waals surface area contributed by atoms with Gasteiger partial charge in [0.05, 0.1) is 24.5 Å². The molecule has 0 unspecified atom stereocenters. The summed E-state index contributed by atoms with van der Waals surface area (Å²) in [5.41, 5.74) is 2.80. The second-order valence-electron chi connectivity index (χ2n) is 9.84. The number of hydrogen-bond donors (Lipinski definition) is 2. The normalized spacial score (nSPS) is 12.2. The number of hydrogen-bond acceptors (Lipinski definition) is 9. The second kappa shape index (κ2) is 16.8. The molecule has 0 aliphatic heterocycles. The average molecular weight is 597 g/mol. The van der Waals surface area contributed by atoms with Crippen molar-refractivity contribution in [2.45, 2.75) is 27.2 Å². The van der Waals surface area contributed by atoms with Gasteiger partial charge in [-0.15, -0.1) is 22.7 Å². The lowest BCUT2D eigenvalue weighted by Gasteiger charge is -2.13. The van der Waals surface area contributed by atoms with Crippen LogP contribution in [0.5, 0.6) is 5.75 Å². The van der Waals surface area contributed by atoms with E-state index in [1.165, 1.54) is 11.3 Å². The van der Waals surface area contributed by atoms with Crippen LogP contribution in [-0.4, -0.2) is 74.2 Å². The van der Waals surface area contributed by atoms with E-state index in [1.807, 2.05) is 41.8 Å². The first kappa shape index (κ1) is 32.2. The SMILES string of the molecule is C=N/C=C(\C=C(/CNc1nc(-c2ccc(OCCOCCN(C)CC)cc2)c(CC(C)C)s1)C(=O)O)c1cccs1. The quantitative estimate of drug-likeness (QED) is 0.0741. The van der Waals surface area contributed by atoms with Gasteiger partial charge in [0.15, 0.2) is 5.13 Å². The largest absolute Gasteiger partial charge is 0.491 e. The number of rotatable bonds is 18. The number of carbonyl (C=O) groups is 1. The van der Waals surface area contributed by atoms with Crippen molar-refractivity contribution in [2.75, 3.05) is 51.8 Å². The maximum absolute atomic E-state index is 12.1. The number of nitrogens with zero attached hydrogens (tertiary/aromatic N) is 3. The van der Waals surface area contributed by atoms with Gasteiger partial charge < -0.3 is 24.8 Å². The highest BCUT2D eigenvalue weighted by Crippen LogP contribution is 2.34. The molecule has 0 bridgehead atoms. The lowest BCUT2D eigenvalue weighted by molar-refractivity contribution is -0.132. The molecule has 8 nitrogen and oxygen atoms in total. The Hall–Kier alpha value is -3.31. The van der Waals surface area contributed by atoms with E-state index in [0.29, 0.717) is 36.4 Å². The van der Waals surface area contributed by atoms with Crippen LogP contribution >= 0.6 is 22.7 Å². The molecule has 0 saturated heterocycles. The van der Waals surface area contributed by atoms with E-state index < -0.39 is 5.97 Å². The first-order valence-electron chi connectivity index (χ1n) is 13.7. The summed E-state index contributed by atoms with van der Waals surface area (Å²) >= 11 is 3.07. The Morgan fingerprint density at radius 3 is 2.63 bits per heavy atom. The topological polar surface area (TPSA) is 96.3 Å². The first-order valence-corrected chi connectivity index (χ1v) is 15.4. The molecule has 0 aliphatic rings. The highest BCUT2D eigenvalue weighted by atomic mass is 32.1. The van der Waals surface area contributed by atoms with Crippen molar-refractivity contribution in [3.8, 4) is 17.0 Å². The van der Waals surface area contributed by atoms with Gasteiger partial charge in [-0.3, -0.25) is 4.99 Å². The molecule has 2 heterocycles. The molecule has 0 radical (unpaired) electrons. The Labute approximate surface area is 251 Å². The number of thiophene rings is 1. The van der Waals surface area contributed by atoms with Crippen LogP contribution in [0.1, 0.15) is 30.5 Å². The number of thiazole rings is 1. The van der Waals surface area contributed by atoms with Crippen LogP contribution in [-0.2, 0) is 16.0 Å². The van der Waals surface area contributed by atoms with Crippen LogP contribution in [0.3, 0.4) is 0 Å². The number of carboxylic acids is 1. The number of ether oxygens (including phenoxy) is 2. The monoisotopic (exact) mass is 596 g/mol. The lowest BCUT2D eigenvalue weighted by Crippen LogP contribution is -2.23. The minimum atomic E-state index is -1.00. The maximum atomic E-state index is 12.1. The zero-order valence-corrected chi connectivity index (χ0v) is 25.9. The van der Waals surface area contributed by atoms with Crippen LogP contribution in [0.4, 0.5) is 5.13 Å². The highest BCUT2D eigenvalue weighted by Gasteiger charge is 2.16. The molecule has 3 rings (SSSR count). The van der Waals surface area contributed by atoms with Gasteiger partial charge in [0.25, 0.3) is 0 Å². The molecule has 3 aromatic rings. The number of benzene rings is 1. The Balaban J connectivity index is 1.68. The van der Waals surface area contributed by atoms with Crippen molar-refractivity contribution in [3.05, 3.63) is 69.4 Å². The number of nitrogens with one attached hydrogen (secondary N) is 1. The van der Waals surface area contributed by atoms with Gasteiger partial charge in [-0.05, 0) is 74.4 Å². The molecule has 0 fully saturated rings. The second-order valence-corrected chi connectivity index (χ2v) is 11.9. The average Bonchev–Trinajstić information content (AvgIpc) is 3.62. The lowest BCUT2D eigenvalue weighted by atomic mass is 10.0. The third-order valence-corrected chi connectivity index (χ3v) is 8.10. The molecule has 41 heavy (non-hydrogen) atoms. The van der Waals surface area contributed by atoms with Crippen molar-refractivity contribution in [2.24, 2.45) is 10.9 Å². The Kier molecular flexibility index (Phi) is 13.2. The zero-order valence-electron chi connectivity index (χ0n) is 24.3. The van der Waals surface area contributed by atoms with E-state index in [9.17, 15) is 9.90 Å². The molecule has 0 spiro atoms. The Morgan fingerprint density at radius 2 is 2.00 bits per heavy atom. The summed E-state index contributed by atoms with van der Waals surface area (Å²) in [4.78, 5) is 25.0. The number of allylic oxidation sites excluding steroid dienone is 2. The number of aromatic nitrogens is 1. The first-order chi connectivity index (χ1) is 19.8. The fraction of sp³-hybridized carbons (Fsp3) is 0.387. The third-order valence-electron chi connectivity index (χ3n) is 6.14. The van der Waals surface area contributed by atoms with E-state index in [4.69, 9.17) is 14.5 Å². The number of carboxylic acid groups (broad SMARTS) is 1. The van der Waals surface area contributed by atoms with Gasteiger partial charge in [0.1, 0.15) is 12.4 Å². The molecule has 220 valence electrons. The standard InChI is InChI=1S/C31H40N4O4S2/c1-6-35(5)13-14-38-15-16-39-26-11-9-23(10-12-26)29-28(18-22(2)3)41-31(34-29)33-21-25(30(36)37)19-24(20-32-4)27-8-7-17-40-27/h7-12,17,19-20,22H,4,6,13-16,18,21H2,1-3,5H3,(H,33,34)(H,36,37)/b24-20+,25-19+. The molecule has 0 aliphatic carbocycles. The van der Waals surface area contributed by atoms with E-state index in [-0.39, 0.29) is 12.1 Å². The van der Waals surface area contributed by atoms with Gasteiger partial charge in [-0.25, -0.2) is 9.78 Å². The van der Waals surface area contributed by atoms with Gasteiger partial charge in [-0.2, -0.15) is 0 Å².